The minimum absolute atomic E-state index is 0.0377. The van der Waals surface area contributed by atoms with Crippen molar-refractivity contribution < 1.29 is 9.90 Å². The van der Waals surface area contributed by atoms with E-state index in [0.717, 1.165) is 22.0 Å². The van der Waals surface area contributed by atoms with Crippen molar-refractivity contribution in [2.24, 2.45) is 0 Å². The highest BCUT2D eigenvalue weighted by Crippen LogP contribution is 2.20. The van der Waals surface area contributed by atoms with Crippen LogP contribution in [0.1, 0.15) is 11.1 Å². The number of rotatable bonds is 9. The number of aromatic nitrogens is 5. The third-order valence-corrected chi connectivity index (χ3v) is 5.74. The van der Waals surface area contributed by atoms with Crippen LogP contribution in [0.4, 0.5) is 5.82 Å². The molecule has 0 fully saturated rings. The smallest absolute Gasteiger partial charge is 0.240 e. The van der Waals surface area contributed by atoms with Crippen molar-refractivity contribution in [1.82, 2.24) is 29.8 Å². The van der Waals surface area contributed by atoms with Crippen molar-refractivity contribution >= 4 is 33.8 Å². The highest BCUT2D eigenvalue weighted by Gasteiger charge is 2.17. The quantitative estimate of drug-likeness (QED) is 0.271. The number of hydrogen-bond acceptors (Lipinski definition) is 6. The van der Waals surface area contributed by atoms with Gasteiger partial charge in [0.15, 0.2) is 11.5 Å². The number of benzene rings is 2. The Morgan fingerprint density at radius 2 is 1.88 bits per heavy atom. The molecular weight excluding hydrogens is 430 g/mol. The van der Waals surface area contributed by atoms with Gasteiger partial charge in [-0.2, -0.15) is 0 Å². The maximum Gasteiger partial charge on any atom is 0.240 e. The number of carbonyl (C=O) groups excluding carboxylic acids is 1. The fourth-order valence-corrected chi connectivity index (χ4v) is 4.06. The third-order valence-electron chi connectivity index (χ3n) is 5.74. The van der Waals surface area contributed by atoms with Crippen molar-refractivity contribution in [3.8, 4) is 0 Å². The van der Waals surface area contributed by atoms with Gasteiger partial charge in [0.2, 0.25) is 5.91 Å². The topological polar surface area (TPSA) is 121 Å². The number of para-hydroxylation sites is 1. The van der Waals surface area contributed by atoms with Gasteiger partial charge < -0.3 is 25.3 Å². The molecule has 5 rings (SSSR count). The molecular formula is C25H25N7O2. The summed E-state index contributed by atoms with van der Waals surface area (Å²) < 4.78 is 1.68. The minimum atomic E-state index is -0.404. The summed E-state index contributed by atoms with van der Waals surface area (Å²) in [6.07, 6.45) is 5.48. The average Bonchev–Trinajstić information content (AvgIpc) is 3.47. The lowest BCUT2D eigenvalue weighted by Gasteiger charge is -2.16. The van der Waals surface area contributed by atoms with Crippen molar-refractivity contribution in [3.05, 3.63) is 84.6 Å². The second-order valence-corrected chi connectivity index (χ2v) is 8.12. The van der Waals surface area contributed by atoms with E-state index in [-0.39, 0.29) is 19.1 Å². The summed E-state index contributed by atoms with van der Waals surface area (Å²) >= 11 is 0. The Hall–Kier alpha value is -4.24. The van der Waals surface area contributed by atoms with Gasteiger partial charge in [0.05, 0.1) is 19.0 Å². The minimum Gasteiger partial charge on any atom is -0.394 e. The van der Waals surface area contributed by atoms with Crippen LogP contribution < -0.4 is 10.6 Å². The Morgan fingerprint density at radius 1 is 1.06 bits per heavy atom. The van der Waals surface area contributed by atoms with Crippen molar-refractivity contribution in [3.63, 3.8) is 0 Å². The number of aromatic amines is 1. The fourth-order valence-electron chi connectivity index (χ4n) is 4.06. The van der Waals surface area contributed by atoms with Crippen LogP contribution in [0.15, 0.2) is 73.4 Å². The third kappa shape index (κ3) is 4.60. The summed E-state index contributed by atoms with van der Waals surface area (Å²) in [5.41, 5.74) is 4.37. The molecule has 1 atom stereocenters. The molecule has 0 radical (unpaired) electrons. The number of amides is 1. The molecule has 5 aromatic rings. The van der Waals surface area contributed by atoms with Gasteiger partial charge in [-0.1, -0.05) is 48.5 Å². The number of anilines is 1. The van der Waals surface area contributed by atoms with Crippen molar-refractivity contribution in [1.29, 1.82) is 0 Å². The lowest BCUT2D eigenvalue weighted by molar-refractivity contribution is -0.122. The summed E-state index contributed by atoms with van der Waals surface area (Å²) in [7, 11) is 0. The van der Waals surface area contributed by atoms with Gasteiger partial charge in [0.1, 0.15) is 18.4 Å². The first-order valence-electron chi connectivity index (χ1n) is 11.1. The van der Waals surface area contributed by atoms with E-state index in [0.29, 0.717) is 29.9 Å². The zero-order valence-corrected chi connectivity index (χ0v) is 18.5. The Balaban J connectivity index is 1.25. The van der Waals surface area contributed by atoms with E-state index in [1.807, 2.05) is 60.8 Å². The molecule has 0 saturated heterocycles. The van der Waals surface area contributed by atoms with E-state index in [1.54, 1.807) is 10.9 Å². The average molecular weight is 456 g/mol. The van der Waals surface area contributed by atoms with Gasteiger partial charge in [-0.15, -0.1) is 0 Å². The number of nitrogens with zero attached hydrogens (tertiary/aromatic N) is 4. The monoisotopic (exact) mass is 455 g/mol. The number of hydrogen-bond donors (Lipinski definition) is 4. The summed E-state index contributed by atoms with van der Waals surface area (Å²) in [5.74, 6) is 0.385. The number of carbonyl (C=O) groups is 1. The molecule has 0 aliphatic carbocycles. The Bertz CT molecular complexity index is 1410. The van der Waals surface area contributed by atoms with Crippen molar-refractivity contribution in [2.45, 2.75) is 25.6 Å². The molecule has 3 aromatic heterocycles. The molecule has 2 aromatic carbocycles. The number of H-pyrrole nitrogens is 1. The lowest BCUT2D eigenvalue weighted by Crippen LogP contribution is -2.40. The molecule has 9 nitrogen and oxygen atoms in total. The number of fused-ring (bicyclic) bond motifs is 2. The van der Waals surface area contributed by atoms with Gasteiger partial charge >= 0.3 is 0 Å². The largest absolute Gasteiger partial charge is 0.394 e. The van der Waals surface area contributed by atoms with Crippen LogP contribution in [-0.4, -0.2) is 48.2 Å². The van der Waals surface area contributed by atoms with Crippen LogP contribution in [0.5, 0.6) is 0 Å². The molecule has 9 heteroatoms. The molecule has 0 unspecified atom stereocenters. The summed E-state index contributed by atoms with van der Waals surface area (Å²) in [5, 5.41) is 17.2. The van der Waals surface area contributed by atoms with Crippen LogP contribution in [0.3, 0.4) is 0 Å². The standard InChI is InChI=1S/C25H25N7O2/c33-14-19(10-18-12-26-21-9-5-4-8-20(18)21)31-22(34)13-32-16-30-23-24(28-15-29-25(23)32)27-11-17-6-2-1-3-7-17/h1-9,12,15-16,19,26,33H,10-11,13-14H2,(H,31,34)(H,27,28,29)/t19-/m0/s1. The predicted molar refractivity (Wildman–Crippen MR) is 130 cm³/mol. The highest BCUT2D eigenvalue weighted by atomic mass is 16.3. The normalized spacial score (nSPS) is 12.1. The second kappa shape index (κ2) is 9.72. The predicted octanol–water partition coefficient (Wildman–Crippen LogP) is 2.64. The zero-order valence-electron chi connectivity index (χ0n) is 18.5. The van der Waals surface area contributed by atoms with E-state index in [9.17, 15) is 9.90 Å². The van der Waals surface area contributed by atoms with E-state index in [2.05, 4.69) is 30.6 Å². The number of nitrogens with one attached hydrogen (secondary N) is 3. The Kier molecular flexibility index (Phi) is 6.17. The zero-order chi connectivity index (χ0) is 23.3. The van der Waals surface area contributed by atoms with E-state index in [1.165, 1.54) is 6.33 Å². The van der Waals surface area contributed by atoms with Crippen LogP contribution in [0.2, 0.25) is 0 Å². The Labute approximate surface area is 195 Å². The van der Waals surface area contributed by atoms with Crippen LogP contribution >= 0.6 is 0 Å². The molecule has 34 heavy (non-hydrogen) atoms. The molecule has 0 spiro atoms. The summed E-state index contributed by atoms with van der Waals surface area (Å²) in [4.78, 5) is 29.0. The summed E-state index contributed by atoms with van der Waals surface area (Å²) in [6, 6.07) is 17.6. The van der Waals surface area contributed by atoms with Gasteiger partial charge in [-0.3, -0.25) is 4.79 Å². The summed E-state index contributed by atoms with van der Waals surface area (Å²) in [6.45, 7) is 0.480. The van der Waals surface area contributed by atoms with Crippen LogP contribution in [-0.2, 0) is 24.3 Å². The van der Waals surface area contributed by atoms with E-state index in [4.69, 9.17) is 0 Å². The lowest BCUT2D eigenvalue weighted by atomic mass is 10.1. The first-order chi connectivity index (χ1) is 16.7. The molecule has 4 N–H and O–H groups in total. The van der Waals surface area contributed by atoms with Gasteiger partial charge in [-0.25, -0.2) is 15.0 Å². The van der Waals surface area contributed by atoms with Crippen LogP contribution in [0.25, 0.3) is 22.1 Å². The number of aliphatic hydroxyl groups excluding tert-OH is 1. The maximum absolute atomic E-state index is 12.8. The van der Waals surface area contributed by atoms with E-state index >= 15 is 0 Å². The molecule has 172 valence electrons. The SMILES string of the molecule is O=C(Cn1cnc2c(NCc3ccccc3)ncnc21)N[C@H](CO)Cc1c[nH]c2ccccc12. The fraction of sp³-hybridized carbons (Fsp3) is 0.200. The van der Waals surface area contributed by atoms with Gasteiger partial charge in [0.25, 0.3) is 0 Å². The first-order valence-corrected chi connectivity index (χ1v) is 11.1. The highest BCUT2D eigenvalue weighted by molar-refractivity contribution is 5.85. The van der Waals surface area contributed by atoms with Gasteiger partial charge in [-0.05, 0) is 23.6 Å². The maximum atomic E-state index is 12.8. The number of aliphatic hydroxyl groups is 1. The molecule has 0 saturated carbocycles. The molecule has 1 amide bonds. The molecule has 0 aliphatic rings. The number of imidazole rings is 1. The molecule has 3 heterocycles. The first kappa shape index (κ1) is 21.6. The Morgan fingerprint density at radius 3 is 2.74 bits per heavy atom. The van der Waals surface area contributed by atoms with Crippen molar-refractivity contribution in [2.75, 3.05) is 11.9 Å². The second-order valence-electron chi connectivity index (χ2n) is 8.12. The molecule has 0 bridgehead atoms. The van der Waals surface area contributed by atoms with Gasteiger partial charge in [0, 0.05) is 23.6 Å². The van der Waals surface area contributed by atoms with Crippen LogP contribution in [0, 0.1) is 0 Å². The molecule has 0 aliphatic heterocycles. The van der Waals surface area contributed by atoms with E-state index < -0.39 is 6.04 Å².